The van der Waals surface area contributed by atoms with Crippen LogP contribution in [0.4, 0.5) is 11.4 Å². The van der Waals surface area contributed by atoms with Crippen LogP contribution >= 0.6 is 10.6 Å². The van der Waals surface area contributed by atoms with Gasteiger partial charge in [-0.2, -0.15) is 10.6 Å². The van der Waals surface area contributed by atoms with Gasteiger partial charge >= 0.3 is 5.97 Å². The fourth-order valence-electron chi connectivity index (χ4n) is 4.04. The molecule has 174 valence electrons. The number of hydrogen-bond donors (Lipinski definition) is 3. The molecule has 0 saturated heterocycles. The summed E-state index contributed by atoms with van der Waals surface area (Å²) in [5, 5.41) is 8.78. The third-order valence-electron chi connectivity index (χ3n) is 5.40. The van der Waals surface area contributed by atoms with Gasteiger partial charge in [0.1, 0.15) is 11.4 Å². The van der Waals surface area contributed by atoms with Gasteiger partial charge in [0.05, 0.1) is 35.2 Å². The second kappa shape index (κ2) is 10.4. The van der Waals surface area contributed by atoms with E-state index in [1.54, 1.807) is 18.2 Å². The zero-order valence-electron chi connectivity index (χ0n) is 18.4. The first-order chi connectivity index (χ1) is 15.3. The summed E-state index contributed by atoms with van der Waals surface area (Å²) in [7, 11) is -3.23. The van der Waals surface area contributed by atoms with E-state index in [0.29, 0.717) is 35.9 Å². The summed E-state index contributed by atoms with van der Waals surface area (Å²) >= 11 is 0. The van der Waals surface area contributed by atoms with Gasteiger partial charge in [-0.15, -0.1) is 0 Å². The van der Waals surface area contributed by atoms with Gasteiger partial charge in [-0.1, -0.05) is 38.0 Å². The molecule has 1 heterocycles. The van der Waals surface area contributed by atoms with Gasteiger partial charge in [-0.25, -0.2) is 4.79 Å². The molecular weight excluding hydrogens is 430 g/mol. The molecule has 0 aliphatic carbocycles. The molecule has 0 aromatic heterocycles. The Labute approximate surface area is 190 Å². The Morgan fingerprint density at radius 3 is 2.59 bits per heavy atom. The van der Waals surface area contributed by atoms with Crippen LogP contribution in [0, 0.1) is 0 Å². The molecule has 2 aromatic carbocycles. The summed E-state index contributed by atoms with van der Waals surface area (Å²) < 4.78 is 34.3. The minimum Gasteiger partial charge on any atom is -0.478 e. The van der Waals surface area contributed by atoms with Crippen LogP contribution in [0.2, 0.25) is 0 Å². The van der Waals surface area contributed by atoms with E-state index in [9.17, 15) is 13.9 Å². The number of unbranched alkanes of at least 4 members (excludes halogenated alkanes) is 1. The van der Waals surface area contributed by atoms with Crippen molar-refractivity contribution in [1.82, 2.24) is 0 Å². The van der Waals surface area contributed by atoms with Crippen LogP contribution in [0.1, 0.15) is 33.1 Å². The number of benzene rings is 2. The first-order valence-corrected chi connectivity index (χ1v) is 12.4. The van der Waals surface area contributed by atoms with E-state index in [1.807, 2.05) is 37.3 Å². The van der Waals surface area contributed by atoms with Crippen molar-refractivity contribution in [2.45, 2.75) is 43.6 Å². The summed E-state index contributed by atoms with van der Waals surface area (Å²) in [5.74, 6) is -0.720. The molecule has 0 fully saturated rings. The highest BCUT2D eigenvalue weighted by atomic mass is 32.3. The SMILES string of the molecule is CCCCC1(OCC)CN(c2ccccc2)c2ccc(O/C=C/C(=O)O)cc2S(O)(O)C1. The lowest BCUT2D eigenvalue weighted by Gasteiger charge is -2.41. The van der Waals surface area contributed by atoms with E-state index in [4.69, 9.17) is 14.6 Å². The Hall–Kier alpha value is -2.52. The molecule has 1 aliphatic rings. The average molecular weight is 462 g/mol. The number of para-hydroxylation sites is 1. The predicted molar refractivity (Wildman–Crippen MR) is 127 cm³/mol. The highest BCUT2D eigenvalue weighted by Gasteiger charge is 2.43. The van der Waals surface area contributed by atoms with Crippen molar-refractivity contribution in [2.24, 2.45) is 0 Å². The number of nitrogens with zero attached hydrogens (tertiary/aromatic N) is 1. The Morgan fingerprint density at radius 2 is 1.94 bits per heavy atom. The number of carbonyl (C=O) groups is 1. The summed E-state index contributed by atoms with van der Waals surface area (Å²) in [4.78, 5) is 13.2. The Balaban J connectivity index is 2.11. The smallest absolute Gasteiger partial charge is 0.331 e. The van der Waals surface area contributed by atoms with Gasteiger partial charge in [0.2, 0.25) is 0 Å². The van der Waals surface area contributed by atoms with Gasteiger partial charge in [0.15, 0.2) is 0 Å². The van der Waals surface area contributed by atoms with Crippen LogP contribution < -0.4 is 9.64 Å². The standard InChI is InChI=1S/C24H31NO6S/c1-3-5-14-24(31-4-2)17-25(19-9-7-6-8-10-19)21-12-11-20(30-15-13-23(26)27)16-22(21)32(28,29)18-24/h6-13,15-16,28-29H,3-5,14,17-18H2,1-2H3,(H,26,27)/b15-13+. The van der Waals surface area contributed by atoms with E-state index >= 15 is 0 Å². The molecule has 3 rings (SSSR count). The first-order valence-electron chi connectivity index (χ1n) is 10.7. The van der Waals surface area contributed by atoms with E-state index in [0.717, 1.165) is 30.9 Å². The second-order valence-electron chi connectivity index (χ2n) is 7.84. The maximum Gasteiger partial charge on any atom is 0.331 e. The van der Waals surface area contributed by atoms with Crippen LogP contribution in [0.25, 0.3) is 0 Å². The highest BCUT2D eigenvalue weighted by molar-refractivity contribution is 8.24. The second-order valence-corrected chi connectivity index (χ2v) is 9.90. The molecule has 2 aromatic rings. The molecule has 1 aliphatic heterocycles. The number of rotatable bonds is 9. The lowest BCUT2D eigenvalue weighted by Crippen LogP contribution is -2.46. The minimum atomic E-state index is -3.23. The van der Waals surface area contributed by atoms with Crippen LogP contribution in [0.15, 0.2) is 65.8 Å². The number of ether oxygens (including phenoxy) is 2. The minimum absolute atomic E-state index is 0.0819. The molecule has 1 atom stereocenters. The van der Waals surface area contributed by atoms with E-state index < -0.39 is 22.2 Å². The number of hydrogen-bond acceptors (Lipinski definition) is 6. The topological polar surface area (TPSA) is 99.5 Å². The molecule has 0 spiro atoms. The predicted octanol–water partition coefficient (Wildman–Crippen LogP) is 5.89. The lowest BCUT2D eigenvalue weighted by atomic mass is 9.97. The molecule has 0 amide bonds. The Morgan fingerprint density at radius 1 is 1.19 bits per heavy atom. The monoisotopic (exact) mass is 461 g/mol. The summed E-state index contributed by atoms with van der Waals surface area (Å²) in [6.45, 7) is 4.97. The molecule has 0 bridgehead atoms. The fraction of sp³-hybridized carbons (Fsp3) is 0.375. The maximum absolute atomic E-state index is 11.3. The average Bonchev–Trinajstić information content (AvgIpc) is 2.85. The van der Waals surface area contributed by atoms with Crippen LogP contribution in [0.5, 0.6) is 5.75 Å². The summed E-state index contributed by atoms with van der Waals surface area (Å²) in [5.41, 5.74) is 0.859. The number of aliphatic carboxylic acids is 1. The summed E-state index contributed by atoms with van der Waals surface area (Å²) in [6.07, 6.45) is 4.52. The quantitative estimate of drug-likeness (QED) is 0.316. The van der Waals surface area contributed by atoms with Gasteiger partial charge in [-0.05, 0) is 37.6 Å². The maximum atomic E-state index is 11.3. The molecule has 32 heavy (non-hydrogen) atoms. The largest absolute Gasteiger partial charge is 0.478 e. The zero-order chi connectivity index (χ0) is 23.2. The highest BCUT2D eigenvalue weighted by Crippen LogP contribution is 2.59. The Bertz CT molecular complexity index is 949. The zero-order valence-corrected chi connectivity index (χ0v) is 19.3. The molecule has 0 saturated carbocycles. The van der Waals surface area contributed by atoms with Crippen molar-refractivity contribution >= 4 is 27.9 Å². The van der Waals surface area contributed by atoms with Crippen molar-refractivity contribution < 1.29 is 28.5 Å². The molecule has 8 heteroatoms. The van der Waals surface area contributed by atoms with Crippen molar-refractivity contribution in [3.8, 4) is 5.75 Å². The Kier molecular flexibility index (Phi) is 7.84. The number of carboxylic acids is 1. The van der Waals surface area contributed by atoms with E-state index in [2.05, 4.69) is 11.8 Å². The van der Waals surface area contributed by atoms with Gasteiger partial charge in [-0.3, -0.25) is 9.11 Å². The third-order valence-corrected chi connectivity index (χ3v) is 7.36. The molecular formula is C24H31NO6S. The fourth-order valence-corrected chi connectivity index (χ4v) is 6.07. The first kappa shape index (κ1) is 24.1. The van der Waals surface area contributed by atoms with Crippen LogP contribution in [0.3, 0.4) is 0 Å². The van der Waals surface area contributed by atoms with Crippen molar-refractivity contribution in [3.05, 3.63) is 60.9 Å². The van der Waals surface area contributed by atoms with E-state index in [1.165, 1.54) is 0 Å². The van der Waals surface area contributed by atoms with Crippen molar-refractivity contribution in [1.29, 1.82) is 0 Å². The normalized spacial score (nSPS) is 21.1. The van der Waals surface area contributed by atoms with Crippen LogP contribution in [-0.2, 0) is 9.53 Å². The van der Waals surface area contributed by atoms with Crippen LogP contribution in [-0.4, -0.2) is 44.7 Å². The van der Waals surface area contributed by atoms with Crippen molar-refractivity contribution in [3.63, 3.8) is 0 Å². The van der Waals surface area contributed by atoms with Gasteiger partial charge in [0, 0.05) is 18.4 Å². The summed E-state index contributed by atoms with van der Waals surface area (Å²) in [6, 6.07) is 14.8. The molecule has 1 unspecified atom stereocenters. The van der Waals surface area contributed by atoms with E-state index in [-0.39, 0.29) is 5.75 Å². The molecule has 0 radical (unpaired) electrons. The molecule has 3 N–H and O–H groups in total. The van der Waals surface area contributed by atoms with Crippen molar-refractivity contribution in [2.75, 3.05) is 23.8 Å². The lowest BCUT2D eigenvalue weighted by molar-refractivity contribution is -0.131. The third kappa shape index (κ3) is 5.63. The van der Waals surface area contributed by atoms with Gasteiger partial charge < -0.3 is 19.5 Å². The number of fused-ring (bicyclic) bond motifs is 1. The number of carboxylic acid groups (broad SMARTS) is 1. The van der Waals surface area contributed by atoms with Gasteiger partial charge in [0.25, 0.3) is 0 Å². The number of anilines is 2. The molecule has 7 nitrogen and oxygen atoms in total.